The summed E-state index contributed by atoms with van der Waals surface area (Å²) in [6, 6.07) is 11.2. The fraction of sp³-hybridized carbons (Fsp3) is 0.294. The standard InChI is InChI=1S/C17H20N2O3/c1-3-13-6-8-14(9-7-13)12(2)19-16(20)11-22-17(21)15-5-4-10-18-15/h4-10,12,18H,3,11H2,1-2H3,(H,19,20)/t12-/m0/s1. The summed E-state index contributed by atoms with van der Waals surface area (Å²) in [5.41, 5.74) is 2.60. The number of carbonyl (C=O) groups excluding carboxylic acids is 2. The highest BCUT2D eigenvalue weighted by molar-refractivity contribution is 5.89. The average molecular weight is 300 g/mol. The zero-order valence-corrected chi connectivity index (χ0v) is 12.8. The fourth-order valence-electron chi connectivity index (χ4n) is 2.07. The number of carbonyl (C=O) groups is 2. The summed E-state index contributed by atoms with van der Waals surface area (Å²) in [5.74, 6) is -0.868. The van der Waals surface area contributed by atoms with Crippen LogP contribution in [0.2, 0.25) is 0 Å². The number of ether oxygens (including phenoxy) is 1. The summed E-state index contributed by atoms with van der Waals surface area (Å²) in [5, 5.41) is 2.81. The third-order valence-corrected chi connectivity index (χ3v) is 3.42. The van der Waals surface area contributed by atoms with E-state index in [0.717, 1.165) is 12.0 Å². The number of hydrogen-bond acceptors (Lipinski definition) is 3. The van der Waals surface area contributed by atoms with E-state index >= 15 is 0 Å². The van der Waals surface area contributed by atoms with Crippen molar-refractivity contribution in [2.45, 2.75) is 26.3 Å². The normalized spacial score (nSPS) is 11.7. The van der Waals surface area contributed by atoms with Crippen molar-refractivity contribution in [3.8, 4) is 0 Å². The van der Waals surface area contributed by atoms with Gasteiger partial charge in [0.05, 0.1) is 6.04 Å². The van der Waals surface area contributed by atoms with Gasteiger partial charge < -0.3 is 15.0 Å². The summed E-state index contributed by atoms with van der Waals surface area (Å²) < 4.78 is 4.94. The smallest absolute Gasteiger partial charge is 0.355 e. The fourth-order valence-corrected chi connectivity index (χ4v) is 2.07. The first-order valence-corrected chi connectivity index (χ1v) is 7.29. The van der Waals surface area contributed by atoms with Gasteiger partial charge in [-0.05, 0) is 36.6 Å². The molecular formula is C17H20N2O3. The molecule has 0 saturated carbocycles. The van der Waals surface area contributed by atoms with Crippen LogP contribution in [0, 0.1) is 0 Å². The van der Waals surface area contributed by atoms with E-state index < -0.39 is 5.97 Å². The van der Waals surface area contributed by atoms with E-state index in [1.165, 1.54) is 5.56 Å². The lowest BCUT2D eigenvalue weighted by atomic mass is 10.1. The van der Waals surface area contributed by atoms with Gasteiger partial charge in [-0.2, -0.15) is 0 Å². The average Bonchev–Trinajstić information content (AvgIpc) is 3.07. The molecule has 0 aliphatic carbocycles. The third-order valence-electron chi connectivity index (χ3n) is 3.42. The molecule has 0 saturated heterocycles. The molecule has 0 aliphatic rings. The zero-order valence-electron chi connectivity index (χ0n) is 12.8. The molecule has 2 N–H and O–H groups in total. The first kappa shape index (κ1) is 15.8. The highest BCUT2D eigenvalue weighted by atomic mass is 16.5. The van der Waals surface area contributed by atoms with Crippen LogP contribution in [0.15, 0.2) is 42.6 Å². The van der Waals surface area contributed by atoms with Gasteiger partial charge in [0.15, 0.2) is 6.61 Å². The number of aryl methyl sites for hydroxylation is 1. The molecule has 1 aromatic heterocycles. The lowest BCUT2D eigenvalue weighted by Gasteiger charge is -2.14. The molecule has 5 heteroatoms. The number of nitrogens with one attached hydrogen (secondary N) is 2. The molecule has 0 fully saturated rings. The maximum atomic E-state index is 11.8. The third kappa shape index (κ3) is 4.22. The summed E-state index contributed by atoms with van der Waals surface area (Å²) >= 11 is 0. The van der Waals surface area contributed by atoms with E-state index in [-0.39, 0.29) is 18.6 Å². The molecule has 0 unspecified atom stereocenters. The van der Waals surface area contributed by atoms with E-state index in [9.17, 15) is 9.59 Å². The van der Waals surface area contributed by atoms with Crippen LogP contribution < -0.4 is 5.32 Å². The summed E-state index contributed by atoms with van der Waals surface area (Å²) in [4.78, 5) is 26.2. The monoisotopic (exact) mass is 300 g/mol. The van der Waals surface area contributed by atoms with Gasteiger partial charge in [0, 0.05) is 6.20 Å². The van der Waals surface area contributed by atoms with Gasteiger partial charge in [0.1, 0.15) is 5.69 Å². The highest BCUT2D eigenvalue weighted by Gasteiger charge is 2.13. The molecule has 0 aliphatic heterocycles. The number of amides is 1. The minimum absolute atomic E-state index is 0.136. The Morgan fingerprint density at radius 2 is 1.95 bits per heavy atom. The topological polar surface area (TPSA) is 71.2 Å². The van der Waals surface area contributed by atoms with Crippen LogP contribution in [0.3, 0.4) is 0 Å². The quantitative estimate of drug-likeness (QED) is 0.806. The van der Waals surface area contributed by atoms with Crippen LogP contribution in [-0.4, -0.2) is 23.5 Å². The van der Waals surface area contributed by atoms with E-state index in [0.29, 0.717) is 5.69 Å². The van der Waals surface area contributed by atoms with Gasteiger partial charge in [-0.3, -0.25) is 4.79 Å². The molecule has 1 heterocycles. The summed E-state index contributed by atoms with van der Waals surface area (Å²) in [6.07, 6.45) is 2.61. The van der Waals surface area contributed by atoms with Crippen molar-refractivity contribution in [2.75, 3.05) is 6.61 Å². The lowest BCUT2D eigenvalue weighted by Crippen LogP contribution is -2.31. The van der Waals surface area contributed by atoms with Crippen LogP contribution in [0.25, 0.3) is 0 Å². The molecule has 0 spiro atoms. The van der Waals surface area contributed by atoms with Crippen molar-refractivity contribution < 1.29 is 14.3 Å². The van der Waals surface area contributed by atoms with Crippen molar-refractivity contribution in [1.29, 1.82) is 0 Å². The molecule has 2 rings (SSSR count). The number of esters is 1. The number of rotatable bonds is 6. The van der Waals surface area contributed by atoms with Crippen molar-refractivity contribution in [3.63, 3.8) is 0 Å². The summed E-state index contributed by atoms with van der Waals surface area (Å²) in [6.45, 7) is 3.69. The van der Waals surface area contributed by atoms with E-state index in [1.807, 2.05) is 31.2 Å². The second-order valence-corrected chi connectivity index (χ2v) is 5.04. The zero-order chi connectivity index (χ0) is 15.9. The number of H-pyrrole nitrogens is 1. The molecule has 5 nitrogen and oxygen atoms in total. The van der Waals surface area contributed by atoms with Crippen molar-refractivity contribution in [3.05, 3.63) is 59.4 Å². The Kier molecular flexibility index (Phi) is 5.36. The van der Waals surface area contributed by atoms with Crippen LogP contribution in [0.4, 0.5) is 0 Å². The van der Waals surface area contributed by atoms with Gasteiger partial charge >= 0.3 is 5.97 Å². The largest absolute Gasteiger partial charge is 0.451 e. The van der Waals surface area contributed by atoms with Crippen LogP contribution >= 0.6 is 0 Å². The van der Waals surface area contributed by atoms with Crippen LogP contribution in [0.1, 0.15) is 41.5 Å². The van der Waals surface area contributed by atoms with Crippen molar-refractivity contribution in [2.24, 2.45) is 0 Å². The van der Waals surface area contributed by atoms with Gasteiger partial charge in [-0.25, -0.2) is 4.79 Å². The molecule has 22 heavy (non-hydrogen) atoms. The Morgan fingerprint density at radius 1 is 1.23 bits per heavy atom. The minimum Gasteiger partial charge on any atom is -0.451 e. The molecule has 0 bridgehead atoms. The molecule has 116 valence electrons. The number of aromatic nitrogens is 1. The number of aromatic amines is 1. The molecule has 1 aromatic carbocycles. The van der Waals surface area contributed by atoms with Gasteiger partial charge in [-0.15, -0.1) is 0 Å². The molecule has 1 atom stereocenters. The van der Waals surface area contributed by atoms with Crippen molar-refractivity contribution in [1.82, 2.24) is 10.3 Å². The SMILES string of the molecule is CCc1ccc([C@H](C)NC(=O)COC(=O)c2ccc[nH]2)cc1. The Bertz CT molecular complexity index is 618. The molecule has 2 aromatic rings. The molecule has 1 amide bonds. The Hall–Kier alpha value is -2.56. The predicted octanol–water partition coefficient (Wildman–Crippen LogP) is 2.61. The minimum atomic E-state index is -0.542. The molecular weight excluding hydrogens is 280 g/mol. The number of benzene rings is 1. The second-order valence-electron chi connectivity index (χ2n) is 5.04. The maximum Gasteiger partial charge on any atom is 0.355 e. The van der Waals surface area contributed by atoms with Crippen molar-refractivity contribution >= 4 is 11.9 Å². The highest BCUT2D eigenvalue weighted by Crippen LogP contribution is 2.13. The Balaban J connectivity index is 1.81. The first-order valence-electron chi connectivity index (χ1n) is 7.29. The van der Waals surface area contributed by atoms with Gasteiger partial charge in [-0.1, -0.05) is 31.2 Å². The Morgan fingerprint density at radius 3 is 2.55 bits per heavy atom. The Labute approximate surface area is 129 Å². The van der Waals surface area contributed by atoms with Gasteiger partial charge in [0.2, 0.25) is 0 Å². The predicted molar refractivity (Wildman–Crippen MR) is 83.5 cm³/mol. The summed E-state index contributed by atoms with van der Waals surface area (Å²) in [7, 11) is 0. The maximum absolute atomic E-state index is 11.8. The first-order chi connectivity index (χ1) is 10.6. The van der Waals surface area contributed by atoms with E-state index in [1.54, 1.807) is 18.3 Å². The number of hydrogen-bond donors (Lipinski definition) is 2. The second kappa shape index (κ2) is 7.45. The van der Waals surface area contributed by atoms with Gasteiger partial charge in [0.25, 0.3) is 5.91 Å². The van der Waals surface area contributed by atoms with E-state index in [2.05, 4.69) is 17.2 Å². The van der Waals surface area contributed by atoms with E-state index in [4.69, 9.17) is 4.74 Å². The van der Waals surface area contributed by atoms with Crippen LogP contribution in [-0.2, 0) is 16.0 Å². The lowest BCUT2D eigenvalue weighted by molar-refractivity contribution is -0.124. The molecule has 0 radical (unpaired) electrons. The van der Waals surface area contributed by atoms with Crippen LogP contribution in [0.5, 0.6) is 0 Å².